The Balaban J connectivity index is 1.70. The van der Waals surface area contributed by atoms with Crippen LogP contribution in [-0.4, -0.2) is 9.97 Å². The van der Waals surface area contributed by atoms with E-state index in [0.29, 0.717) is 50.8 Å². The molecule has 0 atom stereocenters. The van der Waals surface area contributed by atoms with Gasteiger partial charge in [0.2, 0.25) is 11.8 Å². The van der Waals surface area contributed by atoms with Gasteiger partial charge in [-0.2, -0.15) is 0 Å². The third-order valence-electron chi connectivity index (χ3n) is 4.61. The fourth-order valence-electron chi connectivity index (χ4n) is 3.19. The molecule has 0 amide bonds. The molecule has 2 N–H and O–H groups in total. The highest BCUT2D eigenvalue weighted by Gasteiger charge is 2.18. The predicted molar refractivity (Wildman–Crippen MR) is 113 cm³/mol. The largest absolute Gasteiger partial charge is 0.436 e. The lowest BCUT2D eigenvalue weighted by atomic mass is 10.1. The Hall–Kier alpha value is -4.48. The second kappa shape index (κ2) is 6.30. The summed E-state index contributed by atoms with van der Waals surface area (Å²) < 4.78 is 11.9. The summed E-state index contributed by atoms with van der Waals surface area (Å²) in [6, 6.07) is 16.2. The van der Waals surface area contributed by atoms with Crippen molar-refractivity contribution in [2.24, 2.45) is 0 Å². The van der Waals surface area contributed by atoms with Gasteiger partial charge < -0.3 is 14.6 Å². The van der Waals surface area contributed by atoms with Crippen molar-refractivity contribution in [1.82, 2.24) is 9.97 Å². The molecule has 3 aromatic carbocycles. The van der Waals surface area contributed by atoms with Crippen LogP contribution in [0, 0.1) is 24.7 Å². The van der Waals surface area contributed by atoms with Crippen molar-refractivity contribution in [3.8, 4) is 47.6 Å². The molecule has 136 valence electrons. The van der Waals surface area contributed by atoms with E-state index in [1.54, 1.807) is 42.5 Å². The average Bonchev–Trinajstić information content (AvgIpc) is 3.36. The van der Waals surface area contributed by atoms with Crippen LogP contribution in [0.4, 0.5) is 5.69 Å². The van der Waals surface area contributed by atoms with Crippen LogP contribution in [0.1, 0.15) is 11.1 Å². The first-order chi connectivity index (χ1) is 14.1. The van der Waals surface area contributed by atoms with Crippen LogP contribution in [-0.2, 0) is 0 Å². The lowest BCUT2D eigenvalue weighted by Gasteiger charge is -2.04. The number of oxazole rings is 2. The first kappa shape index (κ1) is 16.7. The molecule has 0 aliphatic heterocycles. The van der Waals surface area contributed by atoms with Crippen LogP contribution < -0.4 is 5.73 Å². The van der Waals surface area contributed by atoms with Gasteiger partial charge in [-0.3, -0.25) is 0 Å². The quantitative estimate of drug-likeness (QED) is 0.353. The molecule has 0 aliphatic carbocycles. The molecule has 5 aromatic rings. The van der Waals surface area contributed by atoms with Crippen molar-refractivity contribution in [3.63, 3.8) is 0 Å². The summed E-state index contributed by atoms with van der Waals surface area (Å²) in [4.78, 5) is 9.18. The molecule has 0 fully saturated rings. The lowest BCUT2D eigenvalue weighted by molar-refractivity contribution is 0.611. The van der Waals surface area contributed by atoms with Gasteiger partial charge in [0, 0.05) is 22.4 Å². The fourth-order valence-corrected chi connectivity index (χ4v) is 3.19. The Morgan fingerprint density at radius 2 is 1.24 bits per heavy atom. The Morgan fingerprint density at radius 1 is 0.690 bits per heavy atom. The van der Waals surface area contributed by atoms with E-state index in [4.69, 9.17) is 27.4 Å². The maximum Gasteiger partial charge on any atom is 0.228 e. The zero-order valence-corrected chi connectivity index (χ0v) is 15.1. The van der Waals surface area contributed by atoms with Gasteiger partial charge in [0.05, 0.1) is 5.56 Å². The van der Waals surface area contributed by atoms with E-state index < -0.39 is 0 Å². The topological polar surface area (TPSA) is 78.1 Å². The Kier molecular flexibility index (Phi) is 3.62. The highest BCUT2D eigenvalue weighted by Crippen LogP contribution is 2.36. The molecule has 29 heavy (non-hydrogen) atoms. The van der Waals surface area contributed by atoms with Crippen LogP contribution in [0.3, 0.4) is 0 Å². The van der Waals surface area contributed by atoms with Crippen LogP contribution in [0.15, 0.2) is 63.4 Å². The maximum atomic E-state index is 6.03. The van der Waals surface area contributed by atoms with Gasteiger partial charge in [-0.1, -0.05) is 11.8 Å². The van der Waals surface area contributed by atoms with Crippen molar-refractivity contribution in [3.05, 3.63) is 65.7 Å². The van der Waals surface area contributed by atoms with Gasteiger partial charge in [0.15, 0.2) is 11.2 Å². The van der Waals surface area contributed by atoms with E-state index in [9.17, 15) is 0 Å². The average molecular weight is 375 g/mol. The minimum Gasteiger partial charge on any atom is -0.436 e. The van der Waals surface area contributed by atoms with Gasteiger partial charge >= 0.3 is 0 Å². The highest BCUT2D eigenvalue weighted by molar-refractivity contribution is 5.86. The normalized spacial score (nSPS) is 10.8. The van der Waals surface area contributed by atoms with Crippen LogP contribution in [0.25, 0.3) is 45.1 Å². The molecule has 5 heteroatoms. The van der Waals surface area contributed by atoms with Crippen molar-refractivity contribution in [1.29, 1.82) is 0 Å². The standard InChI is InChI=1S/C24H13N3O2/c1-3-14-5-9-21-19(11-14)26-23(28-21)17-8-7-16(25)13-18(17)24-27-20-12-15(4-2)6-10-22(20)29-24/h1-2,5-13H,25H2. The van der Waals surface area contributed by atoms with Crippen LogP contribution >= 0.6 is 0 Å². The Bertz CT molecular complexity index is 1490. The number of aromatic nitrogens is 2. The number of nitrogens with two attached hydrogens (primary N) is 1. The molecule has 0 radical (unpaired) electrons. The molecule has 5 nitrogen and oxygen atoms in total. The molecule has 0 saturated heterocycles. The smallest absolute Gasteiger partial charge is 0.228 e. The van der Waals surface area contributed by atoms with E-state index in [0.717, 1.165) is 11.1 Å². The second-order valence-electron chi connectivity index (χ2n) is 6.50. The molecule has 0 aliphatic rings. The summed E-state index contributed by atoms with van der Waals surface area (Å²) in [7, 11) is 0. The number of hydrogen-bond donors (Lipinski definition) is 1. The molecule has 0 saturated carbocycles. The van der Waals surface area contributed by atoms with Crippen molar-refractivity contribution in [2.75, 3.05) is 5.73 Å². The van der Waals surface area contributed by atoms with E-state index in [2.05, 4.69) is 21.8 Å². The monoisotopic (exact) mass is 375 g/mol. The molecule has 0 bridgehead atoms. The predicted octanol–water partition coefficient (Wildman–Crippen LogP) is 4.85. The van der Waals surface area contributed by atoms with Crippen LogP contribution in [0.2, 0.25) is 0 Å². The highest BCUT2D eigenvalue weighted by atomic mass is 16.4. The fraction of sp³-hybridized carbons (Fsp3) is 0. The molecular weight excluding hydrogens is 362 g/mol. The number of rotatable bonds is 2. The Morgan fingerprint density at radius 3 is 1.79 bits per heavy atom. The molecule has 5 rings (SSSR count). The van der Waals surface area contributed by atoms with Gasteiger partial charge in [-0.15, -0.1) is 12.8 Å². The summed E-state index contributed by atoms with van der Waals surface area (Å²) in [6.45, 7) is 0. The van der Waals surface area contributed by atoms with Gasteiger partial charge in [0.25, 0.3) is 0 Å². The summed E-state index contributed by atoms with van der Waals surface area (Å²) >= 11 is 0. The SMILES string of the molecule is C#Cc1ccc2oc(-c3ccc(N)cc3-c3nc4cc(C#C)ccc4o3)nc2c1. The number of fused-ring (bicyclic) bond motifs is 2. The second-order valence-corrected chi connectivity index (χ2v) is 6.50. The van der Waals surface area contributed by atoms with Gasteiger partial charge in [-0.05, 0) is 54.6 Å². The number of anilines is 1. The Labute approximate surface area is 166 Å². The third-order valence-corrected chi connectivity index (χ3v) is 4.61. The first-order valence-corrected chi connectivity index (χ1v) is 8.79. The molecular formula is C24H13N3O2. The zero-order chi connectivity index (χ0) is 20.0. The number of terminal acetylenes is 2. The molecule has 0 spiro atoms. The molecule has 0 unspecified atom stereocenters. The van der Waals surface area contributed by atoms with E-state index in [-0.39, 0.29) is 0 Å². The number of nitrogen functional groups attached to an aromatic ring is 1. The lowest BCUT2D eigenvalue weighted by Crippen LogP contribution is -1.90. The van der Waals surface area contributed by atoms with Crippen molar-refractivity contribution >= 4 is 27.9 Å². The summed E-state index contributed by atoms with van der Waals surface area (Å²) in [5.41, 5.74) is 12.1. The zero-order valence-electron chi connectivity index (χ0n) is 15.1. The number of nitrogens with zero attached hydrogens (tertiary/aromatic N) is 2. The van der Waals surface area contributed by atoms with E-state index in [1.165, 1.54) is 0 Å². The minimum absolute atomic E-state index is 0.406. The molecule has 2 aromatic heterocycles. The summed E-state index contributed by atoms with van der Waals surface area (Å²) in [5, 5.41) is 0. The maximum absolute atomic E-state index is 6.03. The van der Waals surface area contributed by atoms with E-state index in [1.807, 2.05) is 12.1 Å². The molecule has 2 heterocycles. The van der Waals surface area contributed by atoms with Crippen LogP contribution in [0.5, 0.6) is 0 Å². The summed E-state index contributed by atoms with van der Waals surface area (Å²) in [5.74, 6) is 6.03. The van der Waals surface area contributed by atoms with Gasteiger partial charge in [0.1, 0.15) is 11.0 Å². The third kappa shape index (κ3) is 2.79. The number of benzene rings is 3. The van der Waals surface area contributed by atoms with E-state index >= 15 is 0 Å². The first-order valence-electron chi connectivity index (χ1n) is 8.79. The van der Waals surface area contributed by atoms with Crippen molar-refractivity contribution in [2.45, 2.75) is 0 Å². The minimum atomic E-state index is 0.406. The van der Waals surface area contributed by atoms with Crippen molar-refractivity contribution < 1.29 is 8.83 Å². The van der Waals surface area contributed by atoms with Gasteiger partial charge in [-0.25, -0.2) is 9.97 Å². The number of hydrogen-bond acceptors (Lipinski definition) is 5. The summed E-state index contributed by atoms with van der Waals surface area (Å²) in [6.07, 6.45) is 11.0.